The Balaban J connectivity index is 1.69. The molecule has 2 unspecified atom stereocenters. The predicted octanol–water partition coefficient (Wildman–Crippen LogP) is 5.22. The fraction of sp³-hybridized carbons (Fsp3) is 0.333. The topological polar surface area (TPSA) is 46.2 Å². The quantitative estimate of drug-likeness (QED) is 0.744. The van der Waals surface area contributed by atoms with Crippen LogP contribution < -0.4 is 5.32 Å². The molecule has 1 saturated carbocycles. The molecule has 1 aliphatic rings. The maximum absolute atomic E-state index is 12.9. The van der Waals surface area contributed by atoms with Crippen LogP contribution in [0.5, 0.6) is 0 Å². The number of amides is 1. The number of alkyl halides is 3. The van der Waals surface area contributed by atoms with E-state index in [0.717, 1.165) is 0 Å². The summed E-state index contributed by atoms with van der Waals surface area (Å²) in [4.78, 5) is 24.9. The van der Waals surface area contributed by atoms with Crippen molar-refractivity contribution in [3.63, 3.8) is 0 Å². The maximum Gasteiger partial charge on any atom is 0.391 e. The highest BCUT2D eigenvalue weighted by Gasteiger charge is 2.43. The third-order valence-electron chi connectivity index (χ3n) is 4.94. The number of rotatable bonds is 4. The molecule has 1 N–H and O–H groups in total. The molecule has 0 spiro atoms. The van der Waals surface area contributed by atoms with Crippen molar-refractivity contribution < 1.29 is 22.8 Å². The standard InChI is InChI=1S/C21H20F3NO2/c22-21(23,24)17-10-4-9-16(12-17)20(27)25-18-11-5-8-15(13-18)19(26)14-6-2-1-3-7-14/h1-3,5-8,11,13,16-17H,4,9-10,12H2,(H,25,27). The van der Waals surface area contributed by atoms with E-state index in [-0.39, 0.29) is 18.6 Å². The van der Waals surface area contributed by atoms with Crippen LogP contribution in [-0.2, 0) is 4.79 Å². The SMILES string of the molecule is O=C(c1ccccc1)c1cccc(NC(=O)C2CCCC(C(F)(F)F)C2)c1. The van der Waals surface area contributed by atoms with Crippen molar-refractivity contribution in [1.82, 2.24) is 0 Å². The maximum atomic E-state index is 12.9. The molecule has 0 saturated heterocycles. The fourth-order valence-corrected chi connectivity index (χ4v) is 3.46. The summed E-state index contributed by atoms with van der Waals surface area (Å²) in [5.41, 5.74) is 1.35. The molecule has 0 aliphatic heterocycles. The Morgan fingerprint density at radius 3 is 2.33 bits per heavy atom. The van der Waals surface area contributed by atoms with Crippen molar-refractivity contribution in [2.24, 2.45) is 11.8 Å². The summed E-state index contributed by atoms with van der Waals surface area (Å²) in [6, 6.07) is 15.2. The Morgan fingerprint density at radius 2 is 1.63 bits per heavy atom. The van der Waals surface area contributed by atoms with Gasteiger partial charge >= 0.3 is 6.18 Å². The molecule has 142 valence electrons. The van der Waals surface area contributed by atoms with Gasteiger partial charge in [-0.05, 0) is 31.4 Å². The monoisotopic (exact) mass is 375 g/mol. The van der Waals surface area contributed by atoms with Crippen LogP contribution >= 0.6 is 0 Å². The van der Waals surface area contributed by atoms with Gasteiger partial charge in [0.25, 0.3) is 0 Å². The first-order valence-electron chi connectivity index (χ1n) is 8.92. The summed E-state index contributed by atoms with van der Waals surface area (Å²) in [5.74, 6) is -2.69. The summed E-state index contributed by atoms with van der Waals surface area (Å²) in [7, 11) is 0. The highest BCUT2D eigenvalue weighted by Crippen LogP contribution is 2.40. The van der Waals surface area contributed by atoms with Gasteiger partial charge < -0.3 is 5.32 Å². The van der Waals surface area contributed by atoms with E-state index in [4.69, 9.17) is 0 Å². The average molecular weight is 375 g/mol. The van der Waals surface area contributed by atoms with Crippen molar-refractivity contribution in [2.75, 3.05) is 5.32 Å². The van der Waals surface area contributed by atoms with Gasteiger partial charge in [0, 0.05) is 22.7 Å². The molecule has 2 atom stereocenters. The van der Waals surface area contributed by atoms with Crippen molar-refractivity contribution >= 4 is 17.4 Å². The van der Waals surface area contributed by atoms with Crippen LogP contribution in [0.4, 0.5) is 18.9 Å². The van der Waals surface area contributed by atoms with Crippen LogP contribution in [0.25, 0.3) is 0 Å². The summed E-state index contributed by atoms with van der Waals surface area (Å²) < 4.78 is 38.8. The lowest BCUT2D eigenvalue weighted by Gasteiger charge is -2.29. The lowest BCUT2D eigenvalue weighted by Crippen LogP contribution is -2.34. The van der Waals surface area contributed by atoms with Crippen LogP contribution in [0.2, 0.25) is 0 Å². The highest BCUT2D eigenvalue weighted by molar-refractivity contribution is 6.09. The molecule has 6 heteroatoms. The van der Waals surface area contributed by atoms with Crippen LogP contribution in [0.15, 0.2) is 54.6 Å². The zero-order valence-electron chi connectivity index (χ0n) is 14.6. The van der Waals surface area contributed by atoms with Crippen molar-refractivity contribution in [3.8, 4) is 0 Å². The Kier molecular flexibility index (Phi) is 5.63. The largest absolute Gasteiger partial charge is 0.391 e. The number of halogens is 3. The van der Waals surface area contributed by atoms with Gasteiger partial charge in [-0.3, -0.25) is 9.59 Å². The van der Waals surface area contributed by atoms with E-state index in [1.807, 2.05) is 6.07 Å². The van der Waals surface area contributed by atoms with Gasteiger partial charge in [0.1, 0.15) is 0 Å². The van der Waals surface area contributed by atoms with Crippen LogP contribution in [0.1, 0.15) is 41.6 Å². The van der Waals surface area contributed by atoms with Gasteiger partial charge in [-0.25, -0.2) is 0 Å². The summed E-state index contributed by atoms with van der Waals surface area (Å²) in [6.07, 6.45) is -3.54. The molecular weight excluding hydrogens is 355 g/mol. The molecule has 1 fully saturated rings. The van der Waals surface area contributed by atoms with Gasteiger partial charge in [-0.15, -0.1) is 0 Å². The van der Waals surface area contributed by atoms with Gasteiger partial charge in [-0.1, -0.05) is 48.9 Å². The third-order valence-corrected chi connectivity index (χ3v) is 4.94. The molecule has 3 nitrogen and oxygen atoms in total. The average Bonchev–Trinajstić information content (AvgIpc) is 2.68. The number of hydrogen-bond donors (Lipinski definition) is 1. The predicted molar refractivity (Wildman–Crippen MR) is 96.4 cm³/mol. The second-order valence-corrected chi connectivity index (χ2v) is 6.87. The fourth-order valence-electron chi connectivity index (χ4n) is 3.46. The van der Waals surface area contributed by atoms with Crippen LogP contribution in [-0.4, -0.2) is 17.9 Å². The zero-order chi connectivity index (χ0) is 19.4. The number of anilines is 1. The second-order valence-electron chi connectivity index (χ2n) is 6.87. The van der Waals surface area contributed by atoms with E-state index < -0.39 is 23.9 Å². The van der Waals surface area contributed by atoms with Gasteiger partial charge in [0.2, 0.25) is 5.91 Å². The molecule has 3 rings (SSSR count). The van der Waals surface area contributed by atoms with Crippen LogP contribution in [0, 0.1) is 11.8 Å². The molecule has 27 heavy (non-hydrogen) atoms. The molecule has 1 amide bonds. The van der Waals surface area contributed by atoms with E-state index in [1.54, 1.807) is 48.5 Å². The first-order chi connectivity index (χ1) is 12.8. The minimum Gasteiger partial charge on any atom is -0.326 e. The van der Waals surface area contributed by atoms with E-state index in [9.17, 15) is 22.8 Å². The Hall–Kier alpha value is -2.63. The Bertz CT molecular complexity index is 818. The van der Waals surface area contributed by atoms with Crippen molar-refractivity contribution in [3.05, 3.63) is 65.7 Å². The number of hydrogen-bond acceptors (Lipinski definition) is 2. The van der Waals surface area contributed by atoms with E-state index in [1.165, 1.54) is 0 Å². The van der Waals surface area contributed by atoms with E-state index in [2.05, 4.69) is 5.32 Å². The van der Waals surface area contributed by atoms with Gasteiger partial charge in [-0.2, -0.15) is 13.2 Å². The molecule has 0 bridgehead atoms. The summed E-state index contributed by atoms with van der Waals surface area (Å²) in [5, 5.41) is 2.67. The zero-order valence-corrected chi connectivity index (χ0v) is 14.6. The molecule has 0 aromatic heterocycles. The lowest BCUT2D eigenvalue weighted by molar-refractivity contribution is -0.185. The number of benzene rings is 2. The van der Waals surface area contributed by atoms with Crippen molar-refractivity contribution in [1.29, 1.82) is 0 Å². The smallest absolute Gasteiger partial charge is 0.326 e. The number of carbonyl (C=O) groups excluding carboxylic acids is 2. The summed E-state index contributed by atoms with van der Waals surface area (Å²) >= 11 is 0. The molecule has 2 aromatic rings. The minimum absolute atomic E-state index is 0.0777. The van der Waals surface area contributed by atoms with E-state index in [0.29, 0.717) is 29.7 Å². The Morgan fingerprint density at radius 1 is 0.926 bits per heavy atom. The Labute approximate surface area is 155 Å². The van der Waals surface area contributed by atoms with Crippen LogP contribution in [0.3, 0.4) is 0 Å². The van der Waals surface area contributed by atoms with Gasteiger partial charge in [0.15, 0.2) is 5.78 Å². The molecule has 0 radical (unpaired) electrons. The number of carbonyl (C=O) groups is 2. The van der Waals surface area contributed by atoms with Gasteiger partial charge in [0.05, 0.1) is 5.92 Å². The molecule has 2 aromatic carbocycles. The number of ketones is 1. The molecule has 0 heterocycles. The number of nitrogens with one attached hydrogen (secondary N) is 1. The molecule has 1 aliphatic carbocycles. The second kappa shape index (κ2) is 7.94. The highest BCUT2D eigenvalue weighted by atomic mass is 19.4. The van der Waals surface area contributed by atoms with Crippen molar-refractivity contribution in [2.45, 2.75) is 31.9 Å². The third kappa shape index (κ3) is 4.76. The normalized spacial score (nSPS) is 20.1. The summed E-state index contributed by atoms with van der Waals surface area (Å²) in [6.45, 7) is 0. The first-order valence-corrected chi connectivity index (χ1v) is 8.92. The van der Waals surface area contributed by atoms with E-state index >= 15 is 0 Å². The minimum atomic E-state index is -4.26. The molecular formula is C21H20F3NO2. The lowest BCUT2D eigenvalue weighted by atomic mass is 9.80. The first kappa shape index (κ1) is 19.1.